The van der Waals surface area contributed by atoms with Crippen molar-refractivity contribution in [2.45, 2.75) is 13.0 Å². The summed E-state index contributed by atoms with van der Waals surface area (Å²) in [6.07, 6.45) is 5.23. The fourth-order valence-electron chi connectivity index (χ4n) is 2.41. The van der Waals surface area contributed by atoms with Crippen LogP contribution in [0.5, 0.6) is 0 Å². The summed E-state index contributed by atoms with van der Waals surface area (Å²) in [5.41, 5.74) is 3.04. The molecule has 0 amide bonds. The van der Waals surface area contributed by atoms with Gasteiger partial charge in [0.15, 0.2) is 0 Å². The van der Waals surface area contributed by atoms with Crippen molar-refractivity contribution in [1.29, 1.82) is 0 Å². The molecule has 21 heavy (non-hydrogen) atoms. The van der Waals surface area contributed by atoms with Gasteiger partial charge in [-0.05, 0) is 36.8 Å². The van der Waals surface area contributed by atoms with E-state index in [9.17, 15) is 4.39 Å². The van der Waals surface area contributed by atoms with E-state index < -0.39 is 0 Å². The Morgan fingerprint density at radius 1 is 1.00 bits per heavy atom. The van der Waals surface area contributed by atoms with Crippen LogP contribution >= 0.6 is 0 Å². The lowest BCUT2D eigenvalue weighted by atomic mass is 10.0. The predicted molar refractivity (Wildman–Crippen MR) is 81.3 cm³/mol. The lowest BCUT2D eigenvalue weighted by Gasteiger charge is -2.32. The predicted octanol–water partition coefficient (Wildman–Crippen LogP) is 4.69. The van der Waals surface area contributed by atoms with Gasteiger partial charge in [-0.2, -0.15) is 0 Å². The van der Waals surface area contributed by atoms with Crippen LogP contribution < -0.4 is 0 Å². The third kappa shape index (κ3) is 2.82. The Morgan fingerprint density at radius 2 is 1.71 bits per heavy atom. The first-order valence-corrected chi connectivity index (χ1v) is 6.87. The second-order valence-corrected chi connectivity index (χ2v) is 4.93. The normalized spacial score (nSPS) is 15.3. The summed E-state index contributed by atoms with van der Waals surface area (Å²) in [6.45, 7) is 2.13. The first-order valence-electron chi connectivity index (χ1n) is 6.87. The van der Waals surface area contributed by atoms with E-state index in [0.29, 0.717) is 0 Å². The van der Waals surface area contributed by atoms with Crippen molar-refractivity contribution in [2.24, 2.45) is 0 Å². The lowest BCUT2D eigenvalue weighted by molar-refractivity contribution is 0.328. The van der Waals surface area contributed by atoms with Gasteiger partial charge in [0.1, 0.15) is 18.3 Å². The van der Waals surface area contributed by atoms with E-state index in [2.05, 4.69) is 24.0 Å². The van der Waals surface area contributed by atoms with Crippen molar-refractivity contribution in [3.8, 4) is 0 Å². The molecule has 2 aromatic rings. The van der Waals surface area contributed by atoms with E-state index in [1.807, 2.05) is 24.4 Å². The van der Waals surface area contributed by atoms with Gasteiger partial charge in [-0.1, -0.05) is 30.3 Å². The summed E-state index contributed by atoms with van der Waals surface area (Å²) < 4.78 is 18.4. The lowest BCUT2D eigenvalue weighted by Crippen LogP contribution is -2.22. The standard InChI is InChI=1S/C18H16FNO/c1-14(15-5-3-2-4-6-15)20-11-12-21-13-18(20)16-7-9-17(19)10-8-16/h2-14H,1H3/t14-/m0/s1. The molecule has 3 heteroatoms. The quantitative estimate of drug-likeness (QED) is 0.809. The summed E-state index contributed by atoms with van der Waals surface area (Å²) in [5.74, 6) is -0.241. The monoisotopic (exact) mass is 281 g/mol. The highest BCUT2D eigenvalue weighted by Gasteiger charge is 2.20. The fraction of sp³-hybridized carbons (Fsp3) is 0.111. The molecule has 0 N–H and O–H groups in total. The number of ether oxygens (including phenoxy) is 1. The number of hydrogen-bond donors (Lipinski definition) is 0. The summed E-state index contributed by atoms with van der Waals surface area (Å²) in [4.78, 5) is 2.12. The molecule has 0 saturated carbocycles. The molecule has 0 aromatic heterocycles. The minimum atomic E-state index is -0.241. The minimum absolute atomic E-state index is 0.155. The highest BCUT2D eigenvalue weighted by atomic mass is 19.1. The molecule has 2 nitrogen and oxygen atoms in total. The Morgan fingerprint density at radius 3 is 2.43 bits per heavy atom. The van der Waals surface area contributed by atoms with E-state index in [0.717, 1.165) is 11.3 Å². The van der Waals surface area contributed by atoms with Crippen molar-refractivity contribution in [3.63, 3.8) is 0 Å². The molecule has 1 aliphatic heterocycles. The van der Waals surface area contributed by atoms with Crippen LogP contribution in [-0.2, 0) is 4.74 Å². The van der Waals surface area contributed by atoms with Crippen LogP contribution in [0.15, 0.2) is 73.3 Å². The smallest absolute Gasteiger partial charge is 0.123 e. The highest BCUT2D eigenvalue weighted by molar-refractivity contribution is 5.65. The van der Waals surface area contributed by atoms with Crippen molar-refractivity contribution < 1.29 is 9.13 Å². The van der Waals surface area contributed by atoms with Crippen LogP contribution in [0.4, 0.5) is 4.39 Å². The Hall–Kier alpha value is -2.55. The number of halogens is 1. The van der Waals surface area contributed by atoms with Crippen LogP contribution in [0, 0.1) is 5.82 Å². The topological polar surface area (TPSA) is 12.5 Å². The maximum absolute atomic E-state index is 13.1. The van der Waals surface area contributed by atoms with Gasteiger partial charge < -0.3 is 9.64 Å². The number of benzene rings is 2. The average Bonchev–Trinajstić information content (AvgIpc) is 2.56. The summed E-state index contributed by atoms with van der Waals surface area (Å²) in [7, 11) is 0. The van der Waals surface area contributed by atoms with Crippen molar-refractivity contribution in [2.75, 3.05) is 0 Å². The second-order valence-electron chi connectivity index (χ2n) is 4.93. The van der Waals surface area contributed by atoms with Crippen molar-refractivity contribution >= 4 is 5.70 Å². The molecule has 3 rings (SSSR count). The van der Waals surface area contributed by atoms with Crippen LogP contribution in [0.25, 0.3) is 5.70 Å². The zero-order valence-electron chi connectivity index (χ0n) is 11.7. The number of nitrogens with zero attached hydrogens (tertiary/aromatic N) is 1. The molecule has 1 aliphatic rings. The zero-order chi connectivity index (χ0) is 14.7. The molecule has 1 heterocycles. The Balaban J connectivity index is 1.92. The average molecular weight is 281 g/mol. The molecule has 0 spiro atoms. The van der Waals surface area contributed by atoms with Gasteiger partial charge >= 0.3 is 0 Å². The summed E-state index contributed by atoms with van der Waals surface area (Å²) in [6, 6.07) is 16.8. The van der Waals surface area contributed by atoms with Gasteiger partial charge in [0.25, 0.3) is 0 Å². The van der Waals surface area contributed by atoms with Crippen molar-refractivity contribution in [3.05, 3.63) is 90.3 Å². The molecule has 0 saturated heterocycles. The second kappa shape index (κ2) is 5.83. The first-order chi connectivity index (χ1) is 10.3. The van der Waals surface area contributed by atoms with E-state index in [4.69, 9.17) is 4.74 Å². The van der Waals surface area contributed by atoms with Crippen LogP contribution in [0.3, 0.4) is 0 Å². The van der Waals surface area contributed by atoms with Gasteiger partial charge in [-0.15, -0.1) is 0 Å². The molecule has 1 atom stereocenters. The molecule has 0 bridgehead atoms. The molecule has 0 aliphatic carbocycles. The van der Waals surface area contributed by atoms with E-state index in [-0.39, 0.29) is 11.9 Å². The maximum Gasteiger partial charge on any atom is 0.123 e. The summed E-state index contributed by atoms with van der Waals surface area (Å²) in [5, 5.41) is 0. The van der Waals surface area contributed by atoms with Crippen LogP contribution in [0.2, 0.25) is 0 Å². The van der Waals surface area contributed by atoms with Gasteiger partial charge in [0, 0.05) is 11.8 Å². The highest BCUT2D eigenvalue weighted by Crippen LogP contribution is 2.32. The van der Waals surface area contributed by atoms with E-state index in [1.165, 1.54) is 17.7 Å². The third-order valence-corrected chi connectivity index (χ3v) is 3.60. The first kappa shape index (κ1) is 13.4. The van der Waals surface area contributed by atoms with Crippen molar-refractivity contribution in [1.82, 2.24) is 4.90 Å². The molecule has 2 aromatic carbocycles. The number of rotatable bonds is 3. The molecular formula is C18H16FNO. The molecule has 106 valence electrons. The van der Waals surface area contributed by atoms with E-state index in [1.54, 1.807) is 24.7 Å². The van der Waals surface area contributed by atoms with Gasteiger partial charge in [0.2, 0.25) is 0 Å². The van der Waals surface area contributed by atoms with Gasteiger partial charge in [-0.25, -0.2) is 4.39 Å². The van der Waals surface area contributed by atoms with Gasteiger partial charge in [-0.3, -0.25) is 0 Å². The fourth-order valence-corrected chi connectivity index (χ4v) is 2.41. The van der Waals surface area contributed by atoms with Crippen LogP contribution in [0.1, 0.15) is 24.1 Å². The van der Waals surface area contributed by atoms with Crippen LogP contribution in [-0.4, -0.2) is 4.90 Å². The molecular weight excluding hydrogens is 265 g/mol. The third-order valence-electron chi connectivity index (χ3n) is 3.60. The SMILES string of the molecule is C[C@@H](c1ccccc1)N1C=COC=C1c1ccc(F)cc1. The minimum Gasteiger partial charge on any atom is -0.469 e. The Bertz CT molecular complexity index is 661. The van der Waals surface area contributed by atoms with Gasteiger partial charge in [0.05, 0.1) is 11.7 Å². The summed E-state index contributed by atoms with van der Waals surface area (Å²) >= 11 is 0. The zero-order valence-corrected chi connectivity index (χ0v) is 11.7. The molecule has 0 unspecified atom stereocenters. The molecule has 0 fully saturated rings. The maximum atomic E-state index is 13.1. The Kier molecular flexibility index (Phi) is 3.73. The molecule has 0 radical (unpaired) electrons. The largest absolute Gasteiger partial charge is 0.469 e. The Labute approximate surface area is 123 Å². The number of hydrogen-bond acceptors (Lipinski definition) is 2. The van der Waals surface area contributed by atoms with E-state index >= 15 is 0 Å².